The number of rotatable bonds is 2. The molecule has 158 valence electrons. The average molecular weight is 403 g/mol. The molecule has 0 aromatic carbocycles. The lowest BCUT2D eigenvalue weighted by Crippen LogP contribution is -2.57. The fraction of sp³-hybridized carbons (Fsp3) is 0.889. The average Bonchev–Trinajstić information content (AvgIpc) is 3.05. The molecule has 4 rings (SSSR count). The molecule has 0 aliphatic carbocycles. The molecule has 0 saturated carbocycles. The Morgan fingerprint density at radius 2 is 1.86 bits per heavy atom. The standard InChI is InChI=1S/C18H28F3N5O2/c1-24-16(22-15(23-24)18(19,20)21)25-6-4-17(5-7-25)10-14(27)11-26(12-17)13-2-8-28-9-3-13/h13-14,27H,2-12H2,1H3. The van der Waals surface area contributed by atoms with Crippen molar-refractivity contribution in [2.75, 3.05) is 44.3 Å². The van der Waals surface area contributed by atoms with Crippen molar-refractivity contribution in [2.24, 2.45) is 12.5 Å². The summed E-state index contributed by atoms with van der Waals surface area (Å²) in [7, 11) is 1.50. The van der Waals surface area contributed by atoms with Crippen LogP contribution in [0.1, 0.15) is 37.9 Å². The smallest absolute Gasteiger partial charge is 0.392 e. The number of hydrogen-bond donors (Lipinski definition) is 1. The lowest BCUT2D eigenvalue weighted by molar-refractivity contribution is -0.144. The van der Waals surface area contributed by atoms with Crippen LogP contribution >= 0.6 is 0 Å². The number of nitrogens with zero attached hydrogens (tertiary/aromatic N) is 5. The van der Waals surface area contributed by atoms with E-state index in [1.165, 1.54) is 11.7 Å². The van der Waals surface area contributed by atoms with E-state index in [-0.39, 0.29) is 17.5 Å². The minimum absolute atomic E-state index is 0.0118. The van der Waals surface area contributed by atoms with E-state index in [0.717, 1.165) is 51.9 Å². The first-order valence-electron chi connectivity index (χ1n) is 9.99. The quantitative estimate of drug-likeness (QED) is 0.810. The van der Waals surface area contributed by atoms with Crippen molar-refractivity contribution in [1.82, 2.24) is 19.7 Å². The van der Waals surface area contributed by atoms with Crippen molar-refractivity contribution >= 4 is 5.95 Å². The van der Waals surface area contributed by atoms with Gasteiger partial charge in [-0.15, -0.1) is 5.10 Å². The van der Waals surface area contributed by atoms with Crippen LogP contribution in [-0.4, -0.2) is 76.3 Å². The zero-order valence-corrected chi connectivity index (χ0v) is 16.2. The SMILES string of the molecule is Cn1nc(C(F)(F)F)nc1N1CCC2(CC1)CC(O)CN(C1CCOCC1)C2. The largest absolute Gasteiger partial charge is 0.453 e. The Kier molecular flexibility index (Phi) is 5.30. The third-order valence-electron chi connectivity index (χ3n) is 6.46. The van der Waals surface area contributed by atoms with Gasteiger partial charge in [0.2, 0.25) is 5.95 Å². The molecule has 0 radical (unpaired) electrons. The van der Waals surface area contributed by atoms with E-state index in [4.69, 9.17) is 4.74 Å². The highest BCUT2D eigenvalue weighted by Gasteiger charge is 2.44. The van der Waals surface area contributed by atoms with Crippen molar-refractivity contribution < 1.29 is 23.0 Å². The number of aryl methyl sites for hydroxylation is 1. The van der Waals surface area contributed by atoms with E-state index in [1.54, 1.807) is 0 Å². The maximum Gasteiger partial charge on any atom is 0.453 e. The Labute approximate surface area is 162 Å². The normalized spacial score (nSPS) is 27.5. The summed E-state index contributed by atoms with van der Waals surface area (Å²) in [4.78, 5) is 8.02. The molecule has 0 amide bonds. The highest BCUT2D eigenvalue weighted by molar-refractivity contribution is 5.32. The monoisotopic (exact) mass is 403 g/mol. The van der Waals surface area contributed by atoms with E-state index in [1.807, 2.05) is 4.90 Å². The Morgan fingerprint density at radius 1 is 1.18 bits per heavy atom. The number of aliphatic hydroxyl groups is 1. The zero-order chi connectivity index (χ0) is 19.9. The van der Waals surface area contributed by atoms with Crippen molar-refractivity contribution in [1.29, 1.82) is 0 Å². The van der Waals surface area contributed by atoms with Crippen LogP contribution in [-0.2, 0) is 18.0 Å². The van der Waals surface area contributed by atoms with Crippen LogP contribution in [0.15, 0.2) is 0 Å². The molecule has 3 aliphatic heterocycles. The van der Waals surface area contributed by atoms with Gasteiger partial charge in [0, 0.05) is 52.5 Å². The van der Waals surface area contributed by atoms with Crippen LogP contribution in [0.2, 0.25) is 0 Å². The summed E-state index contributed by atoms with van der Waals surface area (Å²) in [6.45, 7) is 4.43. The van der Waals surface area contributed by atoms with Gasteiger partial charge < -0.3 is 14.7 Å². The number of aromatic nitrogens is 3. The predicted molar refractivity (Wildman–Crippen MR) is 95.9 cm³/mol. The summed E-state index contributed by atoms with van der Waals surface area (Å²) in [5.41, 5.74) is 0.0118. The molecule has 1 N–H and O–H groups in total. The van der Waals surface area contributed by atoms with Crippen LogP contribution < -0.4 is 4.90 Å². The number of likely N-dealkylation sites (tertiary alicyclic amines) is 1. The maximum atomic E-state index is 12.9. The Balaban J connectivity index is 1.43. The summed E-state index contributed by atoms with van der Waals surface area (Å²) in [5.74, 6) is -0.830. The van der Waals surface area contributed by atoms with Gasteiger partial charge in [0.1, 0.15) is 0 Å². The first-order valence-corrected chi connectivity index (χ1v) is 9.99. The van der Waals surface area contributed by atoms with Crippen LogP contribution in [0.5, 0.6) is 0 Å². The number of aliphatic hydroxyl groups excluding tert-OH is 1. The zero-order valence-electron chi connectivity index (χ0n) is 16.2. The van der Waals surface area contributed by atoms with Crippen LogP contribution in [0, 0.1) is 5.41 Å². The van der Waals surface area contributed by atoms with E-state index in [0.29, 0.717) is 25.7 Å². The lowest BCUT2D eigenvalue weighted by Gasteiger charge is -2.51. The van der Waals surface area contributed by atoms with Crippen molar-refractivity contribution in [3.63, 3.8) is 0 Å². The van der Waals surface area contributed by atoms with E-state index in [2.05, 4.69) is 15.0 Å². The number of alkyl halides is 3. The minimum atomic E-state index is -4.54. The number of hydrogen-bond acceptors (Lipinski definition) is 6. The minimum Gasteiger partial charge on any atom is -0.392 e. The molecule has 1 atom stereocenters. The van der Waals surface area contributed by atoms with Gasteiger partial charge in [-0.3, -0.25) is 4.90 Å². The topological polar surface area (TPSA) is 66.7 Å². The van der Waals surface area contributed by atoms with Gasteiger partial charge in [-0.2, -0.15) is 18.2 Å². The Hall–Kier alpha value is -1.39. The second-order valence-electron chi connectivity index (χ2n) is 8.47. The molecule has 4 heterocycles. The van der Waals surface area contributed by atoms with Gasteiger partial charge in [0.05, 0.1) is 6.10 Å². The number of ether oxygens (including phenoxy) is 1. The number of piperidine rings is 2. The van der Waals surface area contributed by atoms with E-state index in [9.17, 15) is 18.3 Å². The van der Waals surface area contributed by atoms with Gasteiger partial charge in [0.25, 0.3) is 5.82 Å². The third kappa shape index (κ3) is 3.99. The maximum absolute atomic E-state index is 12.9. The predicted octanol–water partition coefficient (Wildman–Crippen LogP) is 1.67. The molecule has 10 heteroatoms. The third-order valence-corrected chi connectivity index (χ3v) is 6.46. The number of anilines is 1. The van der Waals surface area contributed by atoms with Crippen molar-refractivity contribution in [2.45, 2.75) is 50.4 Å². The first kappa shape index (κ1) is 19.9. The molecule has 7 nitrogen and oxygen atoms in total. The van der Waals surface area contributed by atoms with E-state index >= 15 is 0 Å². The van der Waals surface area contributed by atoms with Gasteiger partial charge in [0.15, 0.2) is 0 Å². The van der Waals surface area contributed by atoms with Crippen LogP contribution in [0.4, 0.5) is 19.1 Å². The Bertz CT molecular complexity index is 681. The van der Waals surface area contributed by atoms with Crippen LogP contribution in [0.25, 0.3) is 0 Å². The molecule has 3 saturated heterocycles. The first-order chi connectivity index (χ1) is 13.3. The van der Waals surface area contributed by atoms with Crippen LogP contribution in [0.3, 0.4) is 0 Å². The highest BCUT2D eigenvalue weighted by Crippen LogP contribution is 2.42. The highest BCUT2D eigenvalue weighted by atomic mass is 19.4. The summed E-state index contributed by atoms with van der Waals surface area (Å²) in [6.07, 6.45) is -0.481. The van der Waals surface area contributed by atoms with E-state index < -0.39 is 12.0 Å². The van der Waals surface area contributed by atoms with Gasteiger partial charge in [-0.1, -0.05) is 0 Å². The summed E-state index contributed by atoms with van der Waals surface area (Å²) >= 11 is 0. The molecule has 1 unspecified atom stereocenters. The second kappa shape index (κ2) is 7.46. The molecule has 1 aromatic rings. The number of β-amino-alcohol motifs (C(OH)–C–C–N with tert-alkyl or cyclic N) is 1. The number of halogens is 3. The molecular weight excluding hydrogens is 375 g/mol. The fourth-order valence-corrected chi connectivity index (χ4v) is 5.04. The molecule has 0 bridgehead atoms. The van der Waals surface area contributed by atoms with Gasteiger partial charge in [-0.05, 0) is 37.5 Å². The molecule has 3 fully saturated rings. The molecule has 1 aromatic heterocycles. The molecule has 28 heavy (non-hydrogen) atoms. The lowest BCUT2D eigenvalue weighted by atomic mass is 9.71. The summed E-state index contributed by atoms with van der Waals surface area (Å²) in [5, 5.41) is 14.0. The summed E-state index contributed by atoms with van der Waals surface area (Å²) in [6, 6.07) is 0.451. The van der Waals surface area contributed by atoms with Gasteiger partial charge in [-0.25, -0.2) is 4.68 Å². The molecular formula is C18H28F3N5O2. The molecule has 3 aliphatic rings. The van der Waals surface area contributed by atoms with Crippen molar-refractivity contribution in [3.8, 4) is 0 Å². The Morgan fingerprint density at radius 3 is 2.46 bits per heavy atom. The molecule has 1 spiro atoms. The second-order valence-corrected chi connectivity index (χ2v) is 8.47. The van der Waals surface area contributed by atoms with Gasteiger partial charge >= 0.3 is 6.18 Å². The fourth-order valence-electron chi connectivity index (χ4n) is 5.04. The van der Waals surface area contributed by atoms with Crippen molar-refractivity contribution in [3.05, 3.63) is 5.82 Å². The summed E-state index contributed by atoms with van der Waals surface area (Å²) < 4.78 is 45.4.